The summed E-state index contributed by atoms with van der Waals surface area (Å²) in [6.45, 7) is 1.95. The van der Waals surface area contributed by atoms with Crippen molar-refractivity contribution in [2.24, 2.45) is 0 Å². The van der Waals surface area contributed by atoms with Gasteiger partial charge < -0.3 is 0 Å². The number of para-hydroxylation sites is 1. The molecule has 0 atom stereocenters. The van der Waals surface area contributed by atoms with E-state index in [9.17, 15) is 9.59 Å². The molecule has 20 heavy (non-hydrogen) atoms. The van der Waals surface area contributed by atoms with Crippen LogP contribution in [0.2, 0.25) is 0 Å². The summed E-state index contributed by atoms with van der Waals surface area (Å²) in [4.78, 5) is 24.8. The fourth-order valence-electron chi connectivity index (χ4n) is 2.85. The van der Waals surface area contributed by atoms with Crippen molar-refractivity contribution in [3.63, 3.8) is 0 Å². The van der Waals surface area contributed by atoms with Gasteiger partial charge in [0.25, 0.3) is 5.56 Å². The Bertz CT molecular complexity index is 714. The standard InChI is InChI=1S/C17H17NO2/c1-2-12-11-14-15(9-6-10-16(14)19)18(17(12)20)13-7-4-3-5-8-13/h3-5,7-8,11H,2,6,9-10H2,1H3. The number of carbonyl (C=O) groups excluding carboxylic acids is 1. The van der Waals surface area contributed by atoms with E-state index in [4.69, 9.17) is 0 Å². The number of benzene rings is 1. The fraction of sp³-hybridized carbons (Fsp3) is 0.294. The van der Waals surface area contributed by atoms with Crippen LogP contribution in [0.3, 0.4) is 0 Å². The molecular weight excluding hydrogens is 250 g/mol. The Labute approximate surface area is 117 Å². The highest BCUT2D eigenvalue weighted by molar-refractivity contribution is 5.98. The third-order valence-electron chi connectivity index (χ3n) is 3.89. The summed E-state index contributed by atoms with van der Waals surface area (Å²) >= 11 is 0. The molecule has 0 unspecified atom stereocenters. The zero-order valence-electron chi connectivity index (χ0n) is 11.6. The molecule has 0 radical (unpaired) electrons. The summed E-state index contributed by atoms with van der Waals surface area (Å²) in [6, 6.07) is 11.4. The van der Waals surface area contributed by atoms with Crippen LogP contribution in [0.4, 0.5) is 0 Å². The Kier molecular flexibility index (Phi) is 3.26. The molecule has 2 aromatic rings. The van der Waals surface area contributed by atoms with Gasteiger partial charge >= 0.3 is 0 Å². The number of fused-ring (bicyclic) bond motifs is 1. The van der Waals surface area contributed by atoms with Gasteiger partial charge in [-0.15, -0.1) is 0 Å². The Morgan fingerprint density at radius 2 is 1.85 bits per heavy atom. The molecular formula is C17H17NO2. The number of hydrogen-bond donors (Lipinski definition) is 0. The molecule has 0 fully saturated rings. The van der Waals surface area contributed by atoms with Crippen molar-refractivity contribution >= 4 is 5.78 Å². The van der Waals surface area contributed by atoms with Crippen LogP contribution in [0.1, 0.15) is 41.4 Å². The number of Topliss-reactive ketones (excluding diaryl/α,β-unsaturated/α-hetero) is 1. The second kappa shape index (κ2) is 5.08. The minimum Gasteiger partial charge on any atom is -0.294 e. The lowest BCUT2D eigenvalue weighted by molar-refractivity contribution is 0.0971. The third-order valence-corrected chi connectivity index (χ3v) is 3.89. The normalized spacial score (nSPS) is 14.2. The van der Waals surface area contributed by atoms with E-state index < -0.39 is 0 Å². The van der Waals surface area contributed by atoms with Crippen molar-refractivity contribution in [2.75, 3.05) is 0 Å². The minimum atomic E-state index is 0.00662. The Balaban J connectivity index is 2.35. The number of pyridine rings is 1. The monoisotopic (exact) mass is 267 g/mol. The predicted octanol–water partition coefficient (Wildman–Crippen LogP) is 2.92. The highest BCUT2D eigenvalue weighted by Gasteiger charge is 2.23. The molecule has 0 amide bonds. The van der Waals surface area contributed by atoms with E-state index in [0.717, 1.165) is 29.8 Å². The number of aromatic nitrogens is 1. The first kappa shape index (κ1) is 12.9. The van der Waals surface area contributed by atoms with Gasteiger partial charge in [-0.05, 0) is 37.5 Å². The number of nitrogens with zero attached hydrogens (tertiary/aromatic N) is 1. The van der Waals surface area contributed by atoms with Crippen molar-refractivity contribution in [1.82, 2.24) is 4.57 Å². The number of rotatable bonds is 2. The van der Waals surface area contributed by atoms with Crippen molar-refractivity contribution in [2.45, 2.75) is 32.6 Å². The Morgan fingerprint density at radius 1 is 1.10 bits per heavy atom. The summed E-state index contributed by atoms with van der Waals surface area (Å²) < 4.78 is 1.73. The lowest BCUT2D eigenvalue weighted by Crippen LogP contribution is -2.29. The van der Waals surface area contributed by atoms with Gasteiger partial charge in [0.05, 0.1) is 0 Å². The van der Waals surface area contributed by atoms with Crippen LogP contribution < -0.4 is 5.56 Å². The number of aryl methyl sites for hydroxylation is 1. The van der Waals surface area contributed by atoms with Crippen molar-refractivity contribution in [3.8, 4) is 5.69 Å². The van der Waals surface area contributed by atoms with Gasteiger partial charge in [0.1, 0.15) is 0 Å². The third kappa shape index (κ3) is 1.99. The highest BCUT2D eigenvalue weighted by atomic mass is 16.1. The fourth-order valence-corrected chi connectivity index (χ4v) is 2.85. The Hall–Kier alpha value is -2.16. The second-order valence-electron chi connectivity index (χ2n) is 5.14. The molecule has 102 valence electrons. The predicted molar refractivity (Wildman–Crippen MR) is 78.7 cm³/mol. The largest absolute Gasteiger partial charge is 0.294 e. The average Bonchev–Trinajstić information content (AvgIpc) is 2.48. The first-order valence-electron chi connectivity index (χ1n) is 7.08. The smallest absolute Gasteiger partial charge is 0.258 e. The van der Waals surface area contributed by atoms with Gasteiger partial charge in [0.15, 0.2) is 5.78 Å². The van der Waals surface area contributed by atoms with Gasteiger partial charge in [-0.3, -0.25) is 14.2 Å². The lowest BCUT2D eigenvalue weighted by Gasteiger charge is -2.21. The first-order valence-corrected chi connectivity index (χ1v) is 7.08. The van der Waals surface area contributed by atoms with E-state index in [0.29, 0.717) is 18.4 Å². The van der Waals surface area contributed by atoms with Crippen LogP contribution in [0, 0.1) is 0 Å². The molecule has 0 saturated carbocycles. The van der Waals surface area contributed by atoms with E-state index in [2.05, 4.69) is 0 Å². The van der Waals surface area contributed by atoms with Gasteiger partial charge in [0, 0.05) is 28.9 Å². The zero-order valence-corrected chi connectivity index (χ0v) is 11.6. The molecule has 3 rings (SSSR count). The summed E-state index contributed by atoms with van der Waals surface area (Å²) in [5.41, 5.74) is 3.17. The van der Waals surface area contributed by atoms with Crippen LogP contribution in [-0.2, 0) is 12.8 Å². The molecule has 1 heterocycles. The average molecular weight is 267 g/mol. The van der Waals surface area contributed by atoms with Crippen LogP contribution in [0.25, 0.3) is 5.69 Å². The van der Waals surface area contributed by atoms with Crippen molar-refractivity contribution < 1.29 is 4.79 Å². The summed E-state index contributed by atoms with van der Waals surface area (Å²) in [5.74, 6) is 0.158. The summed E-state index contributed by atoms with van der Waals surface area (Å²) in [5, 5.41) is 0. The summed E-state index contributed by atoms with van der Waals surface area (Å²) in [7, 11) is 0. The van der Waals surface area contributed by atoms with Gasteiger partial charge in [0.2, 0.25) is 0 Å². The highest BCUT2D eigenvalue weighted by Crippen LogP contribution is 2.23. The lowest BCUT2D eigenvalue weighted by atomic mass is 9.92. The molecule has 3 heteroatoms. The molecule has 0 saturated heterocycles. The van der Waals surface area contributed by atoms with Crippen molar-refractivity contribution in [1.29, 1.82) is 0 Å². The minimum absolute atomic E-state index is 0.00662. The first-order chi connectivity index (χ1) is 9.72. The molecule has 0 N–H and O–H groups in total. The maximum atomic E-state index is 12.6. The molecule has 0 aliphatic heterocycles. The van der Waals surface area contributed by atoms with Crippen LogP contribution in [0.15, 0.2) is 41.2 Å². The van der Waals surface area contributed by atoms with E-state index in [1.54, 1.807) is 10.6 Å². The SMILES string of the molecule is CCc1cc2c(n(-c3ccccc3)c1=O)CCCC2=O. The van der Waals surface area contributed by atoms with Crippen LogP contribution in [0.5, 0.6) is 0 Å². The maximum absolute atomic E-state index is 12.6. The van der Waals surface area contributed by atoms with E-state index in [1.807, 2.05) is 37.3 Å². The van der Waals surface area contributed by atoms with Crippen molar-refractivity contribution in [3.05, 3.63) is 63.6 Å². The van der Waals surface area contributed by atoms with Crippen LogP contribution in [-0.4, -0.2) is 10.4 Å². The topological polar surface area (TPSA) is 39.1 Å². The quantitative estimate of drug-likeness (QED) is 0.839. The molecule has 0 spiro atoms. The maximum Gasteiger partial charge on any atom is 0.258 e. The number of hydrogen-bond acceptors (Lipinski definition) is 2. The number of carbonyl (C=O) groups is 1. The van der Waals surface area contributed by atoms with Gasteiger partial charge in [-0.2, -0.15) is 0 Å². The van der Waals surface area contributed by atoms with Gasteiger partial charge in [-0.25, -0.2) is 0 Å². The number of ketones is 1. The summed E-state index contributed by atoms with van der Waals surface area (Å²) in [6.07, 6.45) is 2.84. The molecule has 1 aromatic carbocycles. The van der Waals surface area contributed by atoms with Gasteiger partial charge in [-0.1, -0.05) is 25.1 Å². The van der Waals surface area contributed by atoms with E-state index in [1.165, 1.54) is 0 Å². The Morgan fingerprint density at radius 3 is 2.55 bits per heavy atom. The second-order valence-corrected chi connectivity index (χ2v) is 5.14. The molecule has 1 aliphatic rings. The van der Waals surface area contributed by atoms with E-state index >= 15 is 0 Å². The molecule has 1 aromatic heterocycles. The molecule has 1 aliphatic carbocycles. The van der Waals surface area contributed by atoms with E-state index in [-0.39, 0.29) is 11.3 Å². The molecule has 3 nitrogen and oxygen atoms in total. The zero-order chi connectivity index (χ0) is 14.1. The van der Waals surface area contributed by atoms with Crippen LogP contribution >= 0.6 is 0 Å². The molecule has 0 bridgehead atoms.